The molecule has 0 N–H and O–H groups in total. The van der Waals surface area contributed by atoms with Gasteiger partial charge in [0.1, 0.15) is 11.2 Å². The van der Waals surface area contributed by atoms with Crippen molar-refractivity contribution >= 4 is 104 Å². The first kappa shape index (κ1) is 35.9. The number of hydrogen-bond donors (Lipinski definition) is 0. The molecule has 11 aromatic rings. The number of aromatic nitrogens is 1. The third kappa shape index (κ3) is 4.39. The molecule has 5 heterocycles. The molecular weight excluding hydrogens is 796 g/mol. The predicted octanol–water partition coefficient (Wildman–Crippen LogP) is 14.8. The predicted molar refractivity (Wildman–Crippen MR) is 273 cm³/mol. The fraction of sp³-hybridized carbons (Fsp3) is 0.186. The number of furan rings is 1. The van der Waals surface area contributed by atoms with E-state index < -0.39 is 0 Å². The van der Waals surface area contributed by atoms with Crippen LogP contribution in [-0.4, -0.2) is 11.4 Å². The Balaban J connectivity index is 1.19. The van der Waals surface area contributed by atoms with Gasteiger partial charge in [-0.05, 0) is 136 Å². The molecule has 0 saturated heterocycles. The molecule has 0 amide bonds. The van der Waals surface area contributed by atoms with Gasteiger partial charge < -0.3 is 13.8 Å². The molecule has 0 unspecified atom stereocenters. The van der Waals surface area contributed by atoms with Crippen molar-refractivity contribution < 1.29 is 4.42 Å². The molecule has 0 bridgehead atoms. The summed E-state index contributed by atoms with van der Waals surface area (Å²) >= 11 is 1.90. The van der Waals surface area contributed by atoms with Gasteiger partial charge in [-0.25, -0.2) is 0 Å². The molecule has 3 aromatic heterocycles. The minimum absolute atomic E-state index is 0.0337. The average molecular weight is 841 g/mol. The first-order valence-corrected chi connectivity index (χ1v) is 24.1. The van der Waals surface area contributed by atoms with Crippen LogP contribution in [0.5, 0.6) is 0 Å². The van der Waals surface area contributed by atoms with Crippen LogP contribution in [0.4, 0.5) is 11.4 Å². The fourth-order valence-electron chi connectivity index (χ4n) is 12.8. The first-order chi connectivity index (χ1) is 31.1. The van der Waals surface area contributed by atoms with E-state index in [2.05, 4.69) is 177 Å². The van der Waals surface area contributed by atoms with E-state index in [1.807, 2.05) is 11.3 Å². The summed E-state index contributed by atoms with van der Waals surface area (Å²) in [6, 6.07) is 51.8. The van der Waals surface area contributed by atoms with Gasteiger partial charge in [-0.15, -0.1) is 11.3 Å². The molecule has 4 aliphatic rings. The van der Waals surface area contributed by atoms with Crippen LogP contribution in [0, 0.1) is 0 Å². The summed E-state index contributed by atoms with van der Waals surface area (Å²) in [4.78, 5) is 2.72. The second kappa shape index (κ2) is 12.0. The van der Waals surface area contributed by atoms with Crippen LogP contribution in [0.15, 0.2) is 138 Å². The molecular formula is C59H45BN2OS. The standard InChI is InChI=1S/C59H45BN2OS/c1-58(2,3)34-22-24-35(25-23-34)62-47-31-51-40(37-17-10-13-21-50(37)64-51)28-42(47)54-55-56-52(53-38-18-9-12-20-49(38)63-57(53)54)41-26-32-14-6-7-15-33(32)27-46(41)61(56)48-29-39-36-16-8-11-19-43(36)59(4,5)44(39)30-45(48)60(55)62/h8-13,16-31H,6-7,14-15H2,1-5H3. The molecule has 3 nitrogen and oxygen atoms in total. The van der Waals surface area contributed by atoms with Gasteiger partial charge in [-0.3, -0.25) is 0 Å². The van der Waals surface area contributed by atoms with Gasteiger partial charge in [0.25, 0.3) is 0 Å². The van der Waals surface area contributed by atoms with Crippen molar-refractivity contribution in [3.63, 3.8) is 0 Å². The highest BCUT2D eigenvalue weighted by molar-refractivity contribution is 7.25. The molecule has 0 spiro atoms. The van der Waals surface area contributed by atoms with Gasteiger partial charge >= 0.3 is 6.85 Å². The highest BCUT2D eigenvalue weighted by atomic mass is 32.1. The molecule has 2 aliphatic heterocycles. The van der Waals surface area contributed by atoms with Gasteiger partial charge in [-0.2, -0.15) is 0 Å². The Morgan fingerprint density at radius 3 is 2.20 bits per heavy atom. The van der Waals surface area contributed by atoms with Crippen LogP contribution in [0.1, 0.15) is 75.3 Å². The van der Waals surface area contributed by atoms with Crippen molar-refractivity contribution in [3.8, 4) is 27.9 Å². The maximum Gasteiger partial charge on any atom is 0.333 e. The Kier molecular flexibility index (Phi) is 6.70. The van der Waals surface area contributed by atoms with E-state index in [1.54, 1.807) is 0 Å². The number of nitrogens with zero attached hydrogens (tertiary/aromatic N) is 2. The molecule has 0 saturated carbocycles. The minimum Gasteiger partial charge on any atom is -0.455 e. The van der Waals surface area contributed by atoms with Crippen molar-refractivity contribution in [1.29, 1.82) is 0 Å². The maximum absolute atomic E-state index is 7.35. The van der Waals surface area contributed by atoms with Gasteiger partial charge in [0, 0.05) is 75.3 Å². The number of benzene rings is 8. The molecule has 0 fully saturated rings. The van der Waals surface area contributed by atoms with Gasteiger partial charge in [0.15, 0.2) is 0 Å². The summed E-state index contributed by atoms with van der Waals surface area (Å²) in [6.45, 7) is 11.7. The minimum atomic E-state index is -0.158. The Morgan fingerprint density at radius 1 is 0.625 bits per heavy atom. The summed E-state index contributed by atoms with van der Waals surface area (Å²) in [5.74, 6) is 0. The number of aryl methyl sites for hydroxylation is 2. The maximum atomic E-state index is 7.35. The molecule has 0 radical (unpaired) electrons. The van der Waals surface area contributed by atoms with E-state index in [-0.39, 0.29) is 17.7 Å². The third-order valence-electron chi connectivity index (χ3n) is 15.9. The first-order valence-electron chi connectivity index (χ1n) is 23.2. The second-order valence-electron chi connectivity index (χ2n) is 20.7. The lowest BCUT2D eigenvalue weighted by atomic mass is 9.43. The highest BCUT2D eigenvalue weighted by Crippen LogP contribution is 2.55. The highest BCUT2D eigenvalue weighted by Gasteiger charge is 2.48. The van der Waals surface area contributed by atoms with Crippen LogP contribution in [0.2, 0.25) is 0 Å². The van der Waals surface area contributed by atoms with Crippen LogP contribution < -0.4 is 15.7 Å². The van der Waals surface area contributed by atoms with Crippen molar-refractivity contribution in [2.75, 3.05) is 4.81 Å². The second-order valence-corrected chi connectivity index (χ2v) is 21.7. The van der Waals surface area contributed by atoms with Crippen LogP contribution >= 0.6 is 11.3 Å². The topological polar surface area (TPSA) is 21.3 Å². The van der Waals surface area contributed by atoms with Crippen LogP contribution in [-0.2, 0) is 23.7 Å². The van der Waals surface area contributed by atoms with E-state index in [0.29, 0.717) is 0 Å². The normalized spacial score (nSPS) is 15.7. The van der Waals surface area contributed by atoms with Crippen LogP contribution in [0.25, 0.3) is 91.9 Å². The number of fused-ring (bicyclic) bond motifs is 20. The zero-order valence-corrected chi connectivity index (χ0v) is 37.6. The number of hydrogen-bond acceptors (Lipinski definition) is 3. The monoisotopic (exact) mass is 840 g/mol. The zero-order valence-electron chi connectivity index (χ0n) is 36.8. The quantitative estimate of drug-likeness (QED) is 0.154. The van der Waals surface area contributed by atoms with Gasteiger partial charge in [-0.1, -0.05) is 113 Å². The Labute approximate surface area is 376 Å². The lowest BCUT2D eigenvalue weighted by Crippen LogP contribution is -2.60. The third-order valence-corrected chi connectivity index (χ3v) is 17.0. The lowest BCUT2D eigenvalue weighted by Gasteiger charge is -2.42. The van der Waals surface area contributed by atoms with Gasteiger partial charge in [0.2, 0.25) is 0 Å². The number of rotatable bonds is 1. The van der Waals surface area contributed by atoms with E-state index in [9.17, 15) is 0 Å². The molecule has 306 valence electrons. The van der Waals surface area contributed by atoms with E-state index in [1.165, 1.54) is 144 Å². The summed E-state index contributed by atoms with van der Waals surface area (Å²) in [5, 5.41) is 7.71. The summed E-state index contributed by atoms with van der Waals surface area (Å²) in [6.07, 6.45) is 4.75. The molecule has 8 aromatic carbocycles. The Bertz CT molecular complexity index is 3930. The lowest BCUT2D eigenvalue weighted by molar-refractivity contribution is 0.590. The number of anilines is 2. The largest absolute Gasteiger partial charge is 0.455 e. The van der Waals surface area contributed by atoms with E-state index in [4.69, 9.17) is 4.42 Å². The summed E-state index contributed by atoms with van der Waals surface area (Å²) in [7, 11) is 0. The molecule has 5 heteroatoms. The number of thiophene rings is 1. The van der Waals surface area contributed by atoms with E-state index >= 15 is 0 Å². The van der Waals surface area contributed by atoms with Gasteiger partial charge in [0.05, 0.1) is 11.0 Å². The van der Waals surface area contributed by atoms with Crippen molar-refractivity contribution in [2.45, 2.75) is 71.1 Å². The molecule has 64 heavy (non-hydrogen) atoms. The zero-order chi connectivity index (χ0) is 42.5. The van der Waals surface area contributed by atoms with Crippen molar-refractivity contribution in [3.05, 3.63) is 161 Å². The Morgan fingerprint density at radius 2 is 1.38 bits per heavy atom. The van der Waals surface area contributed by atoms with Crippen molar-refractivity contribution in [2.24, 2.45) is 0 Å². The molecule has 2 aliphatic carbocycles. The van der Waals surface area contributed by atoms with Crippen molar-refractivity contribution in [1.82, 2.24) is 4.57 Å². The average Bonchev–Trinajstić information content (AvgIpc) is 4.03. The van der Waals surface area contributed by atoms with E-state index in [0.717, 1.165) is 24.0 Å². The smallest absolute Gasteiger partial charge is 0.333 e. The number of para-hydroxylation sites is 1. The van der Waals surface area contributed by atoms with Crippen LogP contribution in [0.3, 0.4) is 0 Å². The summed E-state index contributed by atoms with van der Waals surface area (Å²) < 4.78 is 12.7. The fourth-order valence-corrected chi connectivity index (χ4v) is 13.9. The molecule has 15 rings (SSSR count). The summed E-state index contributed by atoms with van der Waals surface area (Å²) in [5.41, 5.74) is 23.2. The molecule has 0 atom stereocenters. The SMILES string of the molecule is CC(C)(C)c1ccc(N2B3c4cc5c(cc4-n4c6cc7c(cc6c6c8c(oc9ccccc98)c(c3c64)-c3cc4c(cc32)sc2ccccc24)CCCC7)-c2ccccc2C5(C)C)cc1. The Hall–Kier alpha value is -6.56.